The van der Waals surface area contributed by atoms with Crippen LogP contribution in [0.3, 0.4) is 0 Å². The van der Waals surface area contributed by atoms with Gasteiger partial charge in [0.1, 0.15) is 0 Å². The maximum Gasteiger partial charge on any atom is 0.251 e. The number of aromatic nitrogens is 3. The number of hydrogen-bond donors (Lipinski definition) is 2. The second-order valence-corrected chi connectivity index (χ2v) is 9.25. The highest BCUT2D eigenvalue weighted by atomic mass is 32.2. The monoisotopic (exact) mass is 417 g/mol. The molecule has 0 saturated carbocycles. The standard InChI is InChI=1S/C19H23N5O4S/c1-29(26,27)24-10-6-14(7-11-24)18-22-17(28-23-18)5-9-21-19(25)15-3-2-13-4-8-20-16(13)12-15/h2-4,8,12,14,20H,5-7,9-11H2,1H3,(H,21,25). The molecule has 3 aromatic rings. The SMILES string of the molecule is CS(=O)(=O)N1CCC(c2noc(CCNC(=O)c3ccc4cc[nH]c4c3)n2)CC1. The van der Waals surface area contributed by atoms with Crippen molar-refractivity contribution in [1.82, 2.24) is 24.7 Å². The fraction of sp³-hybridized carbons (Fsp3) is 0.421. The number of fused-ring (bicyclic) bond motifs is 1. The number of nitrogens with zero attached hydrogens (tertiary/aromatic N) is 3. The first-order chi connectivity index (χ1) is 13.9. The molecule has 0 radical (unpaired) electrons. The maximum atomic E-state index is 12.3. The van der Waals surface area contributed by atoms with E-state index < -0.39 is 10.0 Å². The van der Waals surface area contributed by atoms with E-state index in [2.05, 4.69) is 20.4 Å². The Morgan fingerprint density at radius 1 is 1.31 bits per heavy atom. The second-order valence-electron chi connectivity index (χ2n) is 7.27. The molecule has 2 N–H and O–H groups in total. The minimum atomic E-state index is -3.15. The van der Waals surface area contributed by atoms with Gasteiger partial charge in [-0.15, -0.1) is 0 Å². The average Bonchev–Trinajstić information content (AvgIpc) is 3.36. The molecule has 1 aliphatic heterocycles. The Morgan fingerprint density at radius 3 is 2.86 bits per heavy atom. The number of sulfonamides is 1. The van der Waals surface area contributed by atoms with E-state index in [1.807, 2.05) is 24.4 Å². The van der Waals surface area contributed by atoms with E-state index in [0.29, 0.717) is 56.2 Å². The molecule has 1 aromatic carbocycles. The Bertz CT molecular complexity index is 1110. The van der Waals surface area contributed by atoms with Gasteiger partial charge in [0.2, 0.25) is 15.9 Å². The van der Waals surface area contributed by atoms with Crippen molar-refractivity contribution in [1.29, 1.82) is 0 Å². The van der Waals surface area contributed by atoms with Crippen LogP contribution in [0, 0.1) is 0 Å². The highest BCUT2D eigenvalue weighted by Gasteiger charge is 2.28. The normalized spacial score (nSPS) is 16.3. The lowest BCUT2D eigenvalue weighted by Gasteiger charge is -2.28. The third-order valence-corrected chi connectivity index (χ3v) is 6.52. The molecule has 0 atom stereocenters. The Morgan fingerprint density at radius 2 is 2.10 bits per heavy atom. The number of nitrogens with one attached hydrogen (secondary N) is 2. The van der Waals surface area contributed by atoms with Gasteiger partial charge in [-0.1, -0.05) is 11.2 Å². The van der Waals surface area contributed by atoms with E-state index in [-0.39, 0.29) is 11.8 Å². The second kappa shape index (κ2) is 7.96. The zero-order valence-corrected chi connectivity index (χ0v) is 16.9. The summed E-state index contributed by atoms with van der Waals surface area (Å²) in [5.41, 5.74) is 1.50. The van der Waals surface area contributed by atoms with Crippen LogP contribution in [-0.2, 0) is 16.4 Å². The van der Waals surface area contributed by atoms with Gasteiger partial charge in [-0.25, -0.2) is 12.7 Å². The number of carbonyl (C=O) groups excluding carboxylic acids is 1. The first kappa shape index (κ1) is 19.6. The number of carbonyl (C=O) groups is 1. The van der Waals surface area contributed by atoms with E-state index in [4.69, 9.17) is 4.52 Å². The number of aromatic amines is 1. The summed E-state index contributed by atoms with van der Waals surface area (Å²) in [6.45, 7) is 1.32. The molecule has 9 nitrogen and oxygen atoms in total. The highest BCUT2D eigenvalue weighted by Crippen LogP contribution is 2.27. The third-order valence-electron chi connectivity index (χ3n) is 5.21. The van der Waals surface area contributed by atoms with E-state index in [9.17, 15) is 13.2 Å². The van der Waals surface area contributed by atoms with Gasteiger partial charge < -0.3 is 14.8 Å². The first-order valence-electron chi connectivity index (χ1n) is 9.53. The smallest absolute Gasteiger partial charge is 0.251 e. The molecule has 1 aliphatic rings. The Kier molecular flexibility index (Phi) is 5.37. The Balaban J connectivity index is 1.28. The summed E-state index contributed by atoms with van der Waals surface area (Å²) in [5.74, 6) is 1.00. The van der Waals surface area contributed by atoms with E-state index >= 15 is 0 Å². The predicted octanol–water partition coefficient (Wildman–Crippen LogP) is 1.66. The number of benzene rings is 1. The minimum absolute atomic E-state index is 0.0904. The zero-order valence-electron chi connectivity index (χ0n) is 16.1. The Hall–Kier alpha value is -2.72. The Labute approximate surface area is 168 Å². The van der Waals surface area contributed by atoms with Crippen molar-refractivity contribution >= 4 is 26.8 Å². The first-order valence-corrected chi connectivity index (χ1v) is 11.4. The summed E-state index contributed by atoms with van der Waals surface area (Å²) < 4.78 is 30.0. The lowest BCUT2D eigenvalue weighted by molar-refractivity contribution is 0.0953. The van der Waals surface area contributed by atoms with Gasteiger partial charge in [0.05, 0.1) is 6.26 Å². The van der Waals surface area contributed by atoms with Gasteiger partial charge in [-0.3, -0.25) is 4.79 Å². The van der Waals surface area contributed by atoms with Crippen molar-refractivity contribution in [2.45, 2.75) is 25.2 Å². The number of piperidine rings is 1. The van der Waals surface area contributed by atoms with Gasteiger partial charge in [0.15, 0.2) is 5.82 Å². The van der Waals surface area contributed by atoms with Crippen LogP contribution in [-0.4, -0.2) is 59.6 Å². The van der Waals surface area contributed by atoms with Crippen LogP contribution in [0.5, 0.6) is 0 Å². The lowest BCUT2D eigenvalue weighted by atomic mass is 9.97. The highest BCUT2D eigenvalue weighted by molar-refractivity contribution is 7.88. The number of rotatable bonds is 6. The molecule has 2 aromatic heterocycles. The zero-order chi connectivity index (χ0) is 20.4. The molecule has 4 rings (SSSR count). The molecule has 154 valence electrons. The van der Waals surface area contributed by atoms with Crippen LogP contribution in [0.1, 0.15) is 40.8 Å². The van der Waals surface area contributed by atoms with Gasteiger partial charge in [-0.2, -0.15) is 4.98 Å². The van der Waals surface area contributed by atoms with Crippen molar-refractivity contribution in [2.75, 3.05) is 25.9 Å². The molecular formula is C19H23N5O4S. The molecule has 3 heterocycles. The fourth-order valence-corrected chi connectivity index (χ4v) is 4.43. The van der Waals surface area contributed by atoms with Crippen LogP contribution in [0.4, 0.5) is 0 Å². The lowest BCUT2D eigenvalue weighted by Crippen LogP contribution is -2.37. The number of amides is 1. The van der Waals surface area contributed by atoms with Crippen LogP contribution >= 0.6 is 0 Å². The van der Waals surface area contributed by atoms with Crippen LogP contribution in [0.25, 0.3) is 10.9 Å². The minimum Gasteiger partial charge on any atom is -0.361 e. The van der Waals surface area contributed by atoms with Gasteiger partial charge in [0, 0.05) is 49.2 Å². The molecule has 0 aliphatic carbocycles. The van der Waals surface area contributed by atoms with E-state index in [1.165, 1.54) is 10.6 Å². The van der Waals surface area contributed by atoms with Crippen molar-refractivity contribution in [3.8, 4) is 0 Å². The number of H-pyrrole nitrogens is 1. The summed E-state index contributed by atoms with van der Waals surface area (Å²) in [6, 6.07) is 7.47. The molecular weight excluding hydrogens is 394 g/mol. The van der Waals surface area contributed by atoms with E-state index in [1.54, 1.807) is 6.07 Å². The molecule has 1 amide bonds. The molecule has 0 unspecified atom stereocenters. The molecule has 29 heavy (non-hydrogen) atoms. The summed E-state index contributed by atoms with van der Waals surface area (Å²) in [6.07, 6.45) is 4.84. The summed E-state index contributed by atoms with van der Waals surface area (Å²) in [7, 11) is -3.15. The van der Waals surface area contributed by atoms with Crippen LogP contribution in [0.15, 0.2) is 35.0 Å². The van der Waals surface area contributed by atoms with Crippen LogP contribution in [0.2, 0.25) is 0 Å². The maximum absolute atomic E-state index is 12.3. The molecule has 10 heteroatoms. The molecule has 0 bridgehead atoms. The van der Waals surface area contributed by atoms with Gasteiger partial charge in [0.25, 0.3) is 5.91 Å². The van der Waals surface area contributed by atoms with Gasteiger partial charge in [-0.05, 0) is 36.4 Å². The topological polar surface area (TPSA) is 121 Å². The quantitative estimate of drug-likeness (QED) is 0.629. The molecule has 1 fully saturated rings. The largest absolute Gasteiger partial charge is 0.361 e. The van der Waals surface area contributed by atoms with Crippen molar-refractivity contribution in [3.05, 3.63) is 47.7 Å². The average molecular weight is 417 g/mol. The van der Waals surface area contributed by atoms with Crippen molar-refractivity contribution in [2.24, 2.45) is 0 Å². The van der Waals surface area contributed by atoms with Crippen molar-refractivity contribution in [3.63, 3.8) is 0 Å². The van der Waals surface area contributed by atoms with Crippen molar-refractivity contribution < 1.29 is 17.7 Å². The number of hydrogen-bond acceptors (Lipinski definition) is 6. The summed E-state index contributed by atoms with van der Waals surface area (Å²) in [4.78, 5) is 19.8. The summed E-state index contributed by atoms with van der Waals surface area (Å²) >= 11 is 0. The molecule has 0 spiro atoms. The predicted molar refractivity (Wildman–Crippen MR) is 107 cm³/mol. The van der Waals surface area contributed by atoms with E-state index in [0.717, 1.165) is 10.9 Å². The third kappa shape index (κ3) is 4.48. The summed E-state index contributed by atoms with van der Waals surface area (Å²) in [5, 5.41) is 7.96. The fourth-order valence-electron chi connectivity index (χ4n) is 3.56. The van der Waals surface area contributed by atoms with Gasteiger partial charge >= 0.3 is 0 Å². The van der Waals surface area contributed by atoms with Crippen LogP contribution < -0.4 is 5.32 Å². The molecule has 1 saturated heterocycles.